The number of hydrogen-bond donors (Lipinski definition) is 2. The Morgan fingerprint density at radius 2 is 1.86 bits per heavy atom. The van der Waals surface area contributed by atoms with Gasteiger partial charge in [0.2, 0.25) is 0 Å². The van der Waals surface area contributed by atoms with Crippen molar-refractivity contribution in [2.24, 2.45) is 0 Å². The minimum absolute atomic E-state index is 0.185. The number of ether oxygens (including phenoxy) is 1. The number of aryl methyl sites for hydroxylation is 2. The Morgan fingerprint density at radius 3 is 2.42 bits per heavy atom. The molecule has 1 saturated heterocycles. The number of piperazine rings is 1. The number of quaternary nitrogens is 1. The molecule has 2 aromatic rings. The van der Waals surface area contributed by atoms with Gasteiger partial charge in [-0.05, 0) is 46.2 Å². The molecule has 1 aliphatic rings. The smallest absolute Gasteiger partial charge is 0.480 e. The Hall–Kier alpha value is -3.24. The van der Waals surface area contributed by atoms with Crippen LogP contribution in [-0.4, -0.2) is 85.2 Å². The molecule has 36 heavy (non-hydrogen) atoms. The summed E-state index contributed by atoms with van der Waals surface area (Å²) < 4.78 is 6.55. The van der Waals surface area contributed by atoms with Crippen molar-refractivity contribution in [3.05, 3.63) is 53.3 Å². The lowest BCUT2D eigenvalue weighted by atomic mass is 9.91. The van der Waals surface area contributed by atoms with Crippen molar-refractivity contribution in [2.75, 3.05) is 26.2 Å². The van der Waals surface area contributed by atoms with Gasteiger partial charge in [-0.15, -0.1) is 0 Å². The van der Waals surface area contributed by atoms with Gasteiger partial charge in [-0.25, -0.2) is 9.28 Å². The van der Waals surface area contributed by atoms with E-state index in [9.17, 15) is 24.6 Å². The van der Waals surface area contributed by atoms with Crippen LogP contribution in [0.1, 0.15) is 61.9 Å². The lowest BCUT2D eigenvalue weighted by Crippen LogP contribution is -2.74. The summed E-state index contributed by atoms with van der Waals surface area (Å²) in [7, 11) is 0. The molecule has 0 spiro atoms. The third kappa shape index (κ3) is 5.29. The first kappa shape index (κ1) is 27.3. The standard InChI is InChI=1S/C26H36N4O6/c1-6-36-24(33)21-16-18(2)29(27-21)13-12-20-17-28(14-15-30(20,25(34)35)26(3,4)5)22(23(31)32)19-10-8-7-9-11-19/h7-11,16,20,22H,6,12-15,17H2,1-5H3,(H-,31,32,34,35)/p+1/t20-,22?,30?/m1/s1. The third-order valence-electron chi connectivity index (χ3n) is 7.20. The molecule has 2 N–H and O–H groups in total. The first-order valence-electron chi connectivity index (χ1n) is 12.3. The van der Waals surface area contributed by atoms with E-state index in [1.54, 1.807) is 41.9 Å². The molecule has 0 saturated carbocycles. The average Bonchev–Trinajstić information content (AvgIpc) is 3.18. The zero-order chi connectivity index (χ0) is 26.7. The molecule has 3 rings (SSSR count). The Morgan fingerprint density at radius 1 is 1.19 bits per heavy atom. The molecule has 10 heteroatoms. The van der Waals surface area contributed by atoms with Crippen molar-refractivity contribution in [3.63, 3.8) is 0 Å². The van der Waals surface area contributed by atoms with Gasteiger partial charge < -0.3 is 14.9 Å². The van der Waals surface area contributed by atoms with E-state index in [0.29, 0.717) is 31.6 Å². The van der Waals surface area contributed by atoms with Gasteiger partial charge in [-0.3, -0.25) is 14.4 Å². The van der Waals surface area contributed by atoms with Crippen molar-refractivity contribution in [1.29, 1.82) is 0 Å². The van der Waals surface area contributed by atoms with E-state index in [-0.39, 0.29) is 23.3 Å². The van der Waals surface area contributed by atoms with Gasteiger partial charge >= 0.3 is 18.0 Å². The van der Waals surface area contributed by atoms with Crippen molar-refractivity contribution in [1.82, 2.24) is 14.7 Å². The predicted molar refractivity (Wildman–Crippen MR) is 133 cm³/mol. The number of nitrogens with zero attached hydrogens (tertiary/aromatic N) is 4. The van der Waals surface area contributed by atoms with Crippen LogP contribution in [0.5, 0.6) is 0 Å². The van der Waals surface area contributed by atoms with Gasteiger partial charge in [0.05, 0.1) is 13.2 Å². The number of amides is 1. The zero-order valence-electron chi connectivity index (χ0n) is 21.7. The quantitative estimate of drug-likeness (QED) is 0.416. The van der Waals surface area contributed by atoms with Gasteiger partial charge in [-0.2, -0.15) is 9.89 Å². The maximum absolute atomic E-state index is 12.8. The number of carboxylic acid groups (broad SMARTS) is 2. The lowest BCUT2D eigenvalue weighted by Gasteiger charge is -2.54. The molecule has 1 aromatic heterocycles. The van der Waals surface area contributed by atoms with Crippen LogP contribution in [0.15, 0.2) is 36.4 Å². The van der Waals surface area contributed by atoms with Crippen molar-refractivity contribution in [2.45, 2.75) is 65.2 Å². The van der Waals surface area contributed by atoms with E-state index in [2.05, 4.69) is 5.10 Å². The molecule has 3 atom stereocenters. The normalized spacial score (nSPS) is 21.6. The van der Waals surface area contributed by atoms with E-state index in [4.69, 9.17) is 4.74 Å². The summed E-state index contributed by atoms with van der Waals surface area (Å²) in [6.07, 6.45) is -0.491. The molecule has 0 bridgehead atoms. The van der Waals surface area contributed by atoms with Gasteiger partial charge in [0, 0.05) is 25.2 Å². The molecule has 0 radical (unpaired) electrons. The topological polar surface area (TPSA) is 122 Å². The molecular weight excluding hydrogens is 464 g/mol. The summed E-state index contributed by atoms with van der Waals surface area (Å²) in [6, 6.07) is 9.41. The average molecular weight is 502 g/mol. The first-order valence-corrected chi connectivity index (χ1v) is 12.3. The van der Waals surface area contributed by atoms with E-state index < -0.39 is 35.7 Å². The monoisotopic (exact) mass is 501 g/mol. The minimum Gasteiger partial charge on any atom is -0.480 e. The Balaban J connectivity index is 1.93. The molecule has 2 heterocycles. The fraction of sp³-hybridized carbons (Fsp3) is 0.538. The molecular formula is C26H37N4O6+. The number of carbonyl (C=O) groups excluding carboxylic acids is 1. The highest BCUT2D eigenvalue weighted by molar-refractivity contribution is 5.87. The molecule has 1 amide bonds. The fourth-order valence-electron chi connectivity index (χ4n) is 5.40. The number of aromatic nitrogens is 2. The first-order chi connectivity index (χ1) is 16.9. The van der Waals surface area contributed by atoms with Crippen LogP contribution in [0.4, 0.5) is 4.79 Å². The van der Waals surface area contributed by atoms with Crippen LogP contribution in [0.2, 0.25) is 0 Å². The third-order valence-corrected chi connectivity index (χ3v) is 7.20. The highest BCUT2D eigenvalue weighted by Gasteiger charge is 2.56. The highest BCUT2D eigenvalue weighted by atomic mass is 16.5. The van der Waals surface area contributed by atoms with Crippen LogP contribution in [0.25, 0.3) is 0 Å². The number of carboxylic acids is 1. The van der Waals surface area contributed by atoms with Crippen LogP contribution in [-0.2, 0) is 16.1 Å². The number of benzene rings is 1. The maximum atomic E-state index is 12.8. The molecule has 0 aliphatic carbocycles. The number of esters is 1. The number of rotatable bonds is 8. The van der Waals surface area contributed by atoms with Crippen LogP contribution >= 0.6 is 0 Å². The second-order valence-electron chi connectivity index (χ2n) is 10.2. The van der Waals surface area contributed by atoms with Gasteiger partial charge in [-0.1, -0.05) is 30.3 Å². The van der Waals surface area contributed by atoms with E-state index in [1.165, 1.54) is 0 Å². The van der Waals surface area contributed by atoms with Crippen LogP contribution in [0, 0.1) is 6.92 Å². The number of carbonyl (C=O) groups is 3. The second-order valence-corrected chi connectivity index (χ2v) is 10.2. The number of hydrogen-bond acceptors (Lipinski definition) is 6. The lowest BCUT2D eigenvalue weighted by molar-refractivity contribution is -0.931. The maximum Gasteiger partial charge on any atom is 0.514 e. The van der Waals surface area contributed by atoms with Crippen LogP contribution < -0.4 is 0 Å². The number of aliphatic carboxylic acids is 1. The summed E-state index contributed by atoms with van der Waals surface area (Å²) in [5, 5.41) is 25.0. The summed E-state index contributed by atoms with van der Waals surface area (Å²) in [6.45, 7) is 10.8. The van der Waals surface area contributed by atoms with Gasteiger partial charge in [0.1, 0.15) is 24.2 Å². The van der Waals surface area contributed by atoms with E-state index in [1.807, 2.05) is 38.7 Å². The Labute approximate surface area is 211 Å². The fourth-order valence-corrected chi connectivity index (χ4v) is 5.40. The SMILES string of the molecule is CCOC(=O)c1cc(C)n(CC[C@@H]2CN(C(C(=O)O)c3ccccc3)CC[N+]2(C(=O)O)C(C)(C)C)n1. The Bertz CT molecular complexity index is 1090. The summed E-state index contributed by atoms with van der Waals surface area (Å²) in [5.41, 5.74) is 1.02. The van der Waals surface area contributed by atoms with Gasteiger partial charge in [0.25, 0.3) is 0 Å². The van der Waals surface area contributed by atoms with Gasteiger partial charge in [0.15, 0.2) is 5.69 Å². The van der Waals surface area contributed by atoms with Crippen LogP contribution in [0.3, 0.4) is 0 Å². The summed E-state index contributed by atoms with van der Waals surface area (Å²) >= 11 is 0. The largest absolute Gasteiger partial charge is 0.514 e. The highest BCUT2D eigenvalue weighted by Crippen LogP contribution is 2.37. The minimum atomic E-state index is -0.965. The predicted octanol–water partition coefficient (Wildman–Crippen LogP) is 3.56. The van der Waals surface area contributed by atoms with E-state index >= 15 is 0 Å². The molecule has 1 aliphatic heterocycles. The molecule has 2 unspecified atom stereocenters. The van der Waals surface area contributed by atoms with Crippen molar-refractivity contribution in [3.8, 4) is 0 Å². The molecule has 10 nitrogen and oxygen atoms in total. The van der Waals surface area contributed by atoms with Crippen molar-refractivity contribution >= 4 is 18.0 Å². The summed E-state index contributed by atoms with van der Waals surface area (Å²) in [5.74, 6) is -1.46. The molecule has 196 valence electrons. The Kier molecular flexibility index (Phi) is 8.20. The second kappa shape index (κ2) is 10.8. The van der Waals surface area contributed by atoms with Crippen molar-refractivity contribution < 1.29 is 33.8 Å². The molecule has 1 aromatic carbocycles. The molecule has 1 fully saturated rings. The van der Waals surface area contributed by atoms with E-state index in [0.717, 1.165) is 5.69 Å². The summed E-state index contributed by atoms with van der Waals surface area (Å²) in [4.78, 5) is 39.1. The zero-order valence-corrected chi connectivity index (χ0v) is 21.7.